The van der Waals surface area contributed by atoms with Gasteiger partial charge < -0.3 is 10.6 Å². The number of para-hydroxylation sites is 1. The van der Waals surface area contributed by atoms with Crippen molar-refractivity contribution < 1.29 is 4.79 Å². The van der Waals surface area contributed by atoms with E-state index in [4.69, 9.17) is 5.73 Å². The lowest BCUT2D eigenvalue weighted by atomic mass is 10.2. The van der Waals surface area contributed by atoms with Crippen molar-refractivity contribution in [3.05, 3.63) is 41.7 Å². The molecule has 1 aromatic carbocycles. The number of nitrogens with zero attached hydrogens (tertiary/aromatic N) is 3. The zero-order valence-corrected chi connectivity index (χ0v) is 11.4. The number of carbonyl (C=O) groups excluding carboxylic acids is 1. The molecule has 19 heavy (non-hydrogen) atoms. The first-order chi connectivity index (χ1) is 9.06. The molecule has 1 aromatic heterocycles. The molecule has 0 spiro atoms. The molecule has 0 aliphatic rings. The van der Waals surface area contributed by atoms with Gasteiger partial charge in [-0.1, -0.05) is 18.2 Å². The molecule has 0 atom stereocenters. The average molecular weight is 258 g/mol. The van der Waals surface area contributed by atoms with Gasteiger partial charge in [0.15, 0.2) is 0 Å². The van der Waals surface area contributed by atoms with E-state index in [1.54, 1.807) is 23.6 Å². The van der Waals surface area contributed by atoms with Crippen LogP contribution in [0.5, 0.6) is 0 Å². The molecule has 0 unspecified atom stereocenters. The Labute approximate surface area is 112 Å². The van der Waals surface area contributed by atoms with Crippen molar-refractivity contribution >= 4 is 17.3 Å². The summed E-state index contributed by atoms with van der Waals surface area (Å²) < 4.78 is 1.54. The molecule has 0 radical (unpaired) electrons. The van der Waals surface area contributed by atoms with Crippen molar-refractivity contribution in [2.45, 2.75) is 13.8 Å². The second-order valence-corrected chi connectivity index (χ2v) is 4.36. The Hall–Kier alpha value is -2.30. The van der Waals surface area contributed by atoms with E-state index in [1.165, 1.54) is 0 Å². The molecule has 1 amide bonds. The highest BCUT2D eigenvalue weighted by molar-refractivity contribution is 6.08. The predicted molar refractivity (Wildman–Crippen MR) is 76.1 cm³/mol. The van der Waals surface area contributed by atoms with Crippen LogP contribution in [-0.2, 0) is 7.05 Å². The van der Waals surface area contributed by atoms with Crippen LogP contribution in [-0.4, -0.2) is 22.2 Å². The van der Waals surface area contributed by atoms with Crippen molar-refractivity contribution in [2.75, 3.05) is 17.2 Å². The maximum atomic E-state index is 12.6. The topological polar surface area (TPSA) is 64.2 Å². The Morgan fingerprint density at radius 3 is 2.47 bits per heavy atom. The zero-order chi connectivity index (χ0) is 14.0. The van der Waals surface area contributed by atoms with Crippen LogP contribution in [0.2, 0.25) is 0 Å². The Bertz CT molecular complexity index is 589. The largest absolute Gasteiger partial charge is 0.395 e. The number of benzene rings is 1. The highest BCUT2D eigenvalue weighted by Gasteiger charge is 2.23. The molecule has 0 fully saturated rings. The molecule has 0 bridgehead atoms. The fourth-order valence-electron chi connectivity index (χ4n) is 2.11. The summed E-state index contributed by atoms with van der Waals surface area (Å²) in [6.45, 7) is 4.31. The first-order valence-corrected chi connectivity index (χ1v) is 6.22. The lowest BCUT2D eigenvalue weighted by molar-refractivity contribution is 0.0980. The van der Waals surface area contributed by atoms with E-state index < -0.39 is 0 Å². The highest BCUT2D eigenvalue weighted by atomic mass is 16.2. The van der Waals surface area contributed by atoms with Crippen molar-refractivity contribution in [3.8, 4) is 0 Å². The maximum Gasteiger partial charge on any atom is 0.278 e. The summed E-state index contributed by atoms with van der Waals surface area (Å²) in [5, 5.41) is 4.19. The van der Waals surface area contributed by atoms with E-state index in [0.29, 0.717) is 23.6 Å². The molecule has 100 valence electrons. The number of amides is 1. The minimum atomic E-state index is -0.130. The number of aryl methyl sites for hydroxylation is 2. The first-order valence-electron chi connectivity index (χ1n) is 6.22. The molecular weight excluding hydrogens is 240 g/mol. The van der Waals surface area contributed by atoms with Crippen molar-refractivity contribution in [2.24, 2.45) is 7.05 Å². The monoisotopic (exact) mass is 258 g/mol. The van der Waals surface area contributed by atoms with Gasteiger partial charge in [0.05, 0.1) is 11.4 Å². The van der Waals surface area contributed by atoms with Gasteiger partial charge in [-0.3, -0.25) is 9.48 Å². The van der Waals surface area contributed by atoms with Gasteiger partial charge in [-0.05, 0) is 26.0 Å². The minimum Gasteiger partial charge on any atom is -0.395 e. The fraction of sp³-hybridized carbons (Fsp3) is 0.286. The summed E-state index contributed by atoms with van der Waals surface area (Å²) in [5.74, 6) is -0.130. The fourth-order valence-corrected chi connectivity index (χ4v) is 2.11. The van der Waals surface area contributed by atoms with Crippen LogP contribution < -0.4 is 10.6 Å². The van der Waals surface area contributed by atoms with E-state index in [2.05, 4.69) is 5.10 Å². The van der Waals surface area contributed by atoms with E-state index >= 15 is 0 Å². The molecule has 2 rings (SSSR count). The highest BCUT2D eigenvalue weighted by Crippen LogP contribution is 2.21. The van der Waals surface area contributed by atoms with E-state index in [0.717, 1.165) is 5.69 Å². The Morgan fingerprint density at radius 1 is 1.37 bits per heavy atom. The second-order valence-electron chi connectivity index (χ2n) is 4.36. The summed E-state index contributed by atoms with van der Waals surface area (Å²) in [5.41, 5.74) is 8.35. The van der Waals surface area contributed by atoms with Crippen molar-refractivity contribution in [1.82, 2.24) is 9.78 Å². The molecular formula is C14H18N4O. The van der Waals surface area contributed by atoms with Gasteiger partial charge in [0.25, 0.3) is 5.91 Å². The van der Waals surface area contributed by atoms with Crippen molar-refractivity contribution in [3.63, 3.8) is 0 Å². The summed E-state index contributed by atoms with van der Waals surface area (Å²) in [6, 6.07) is 9.54. The maximum absolute atomic E-state index is 12.6. The number of carbonyl (C=O) groups is 1. The van der Waals surface area contributed by atoms with E-state index in [1.807, 2.05) is 37.3 Å². The molecule has 2 N–H and O–H groups in total. The molecule has 0 aliphatic heterocycles. The van der Waals surface area contributed by atoms with Crippen molar-refractivity contribution in [1.29, 1.82) is 0 Å². The van der Waals surface area contributed by atoms with Crippen LogP contribution in [0.15, 0.2) is 30.3 Å². The number of nitrogen functional groups attached to an aromatic ring is 1. The van der Waals surface area contributed by atoms with Crippen LogP contribution >= 0.6 is 0 Å². The zero-order valence-electron chi connectivity index (χ0n) is 11.4. The summed E-state index contributed by atoms with van der Waals surface area (Å²) >= 11 is 0. The Morgan fingerprint density at radius 2 is 2.00 bits per heavy atom. The van der Waals surface area contributed by atoms with E-state index in [-0.39, 0.29) is 5.91 Å². The lowest BCUT2D eigenvalue weighted by Crippen LogP contribution is -2.32. The summed E-state index contributed by atoms with van der Waals surface area (Å²) in [4.78, 5) is 14.3. The van der Waals surface area contributed by atoms with E-state index in [9.17, 15) is 4.79 Å². The molecule has 2 aromatic rings. The third kappa shape index (κ3) is 2.31. The predicted octanol–water partition coefficient (Wildman–Crippen LogP) is 1.98. The number of rotatable bonds is 3. The average Bonchev–Trinajstić information content (AvgIpc) is 2.65. The van der Waals surface area contributed by atoms with Crippen LogP contribution in [0.4, 0.5) is 11.4 Å². The molecule has 0 aliphatic carbocycles. The molecule has 5 heteroatoms. The number of anilines is 2. The number of hydrogen-bond acceptors (Lipinski definition) is 3. The number of hydrogen-bond donors (Lipinski definition) is 1. The normalized spacial score (nSPS) is 10.5. The van der Waals surface area contributed by atoms with Gasteiger partial charge in [0.1, 0.15) is 5.69 Å². The van der Waals surface area contributed by atoms with Gasteiger partial charge in [0.2, 0.25) is 0 Å². The third-order valence-corrected chi connectivity index (χ3v) is 3.10. The van der Waals surface area contributed by atoms with Gasteiger partial charge in [-0.25, -0.2) is 0 Å². The quantitative estimate of drug-likeness (QED) is 0.915. The summed E-state index contributed by atoms with van der Waals surface area (Å²) in [6.07, 6.45) is 0. The van der Waals surface area contributed by atoms with Crippen LogP contribution in [0, 0.1) is 6.92 Å². The van der Waals surface area contributed by atoms with Crippen LogP contribution in [0.3, 0.4) is 0 Å². The molecule has 0 saturated carbocycles. The smallest absolute Gasteiger partial charge is 0.278 e. The van der Waals surface area contributed by atoms with Gasteiger partial charge in [-0.15, -0.1) is 0 Å². The van der Waals surface area contributed by atoms with Gasteiger partial charge in [-0.2, -0.15) is 5.10 Å². The second kappa shape index (κ2) is 5.14. The Kier molecular flexibility index (Phi) is 3.55. The molecule has 5 nitrogen and oxygen atoms in total. The standard InChI is InChI=1S/C14H18N4O/c1-4-18(11-8-6-5-7-9-11)14(19)13-12(15)10(2)16-17(13)3/h5-9H,4,15H2,1-3H3. The summed E-state index contributed by atoms with van der Waals surface area (Å²) in [7, 11) is 1.73. The first kappa shape index (κ1) is 13.1. The Balaban J connectivity index is 2.42. The minimum absolute atomic E-state index is 0.130. The molecule has 1 heterocycles. The lowest BCUT2D eigenvalue weighted by Gasteiger charge is -2.21. The number of aromatic nitrogens is 2. The third-order valence-electron chi connectivity index (χ3n) is 3.10. The number of nitrogens with two attached hydrogens (primary N) is 1. The van der Waals surface area contributed by atoms with Gasteiger partial charge >= 0.3 is 0 Å². The SMILES string of the molecule is CCN(C(=O)c1c(N)c(C)nn1C)c1ccccc1. The van der Waals surface area contributed by atoms with Crippen LogP contribution in [0.1, 0.15) is 23.1 Å². The van der Waals surface area contributed by atoms with Gasteiger partial charge in [0, 0.05) is 19.3 Å². The van der Waals surface area contributed by atoms with Crippen LogP contribution in [0.25, 0.3) is 0 Å². The molecule has 0 saturated heterocycles.